The van der Waals surface area contributed by atoms with Crippen LogP contribution in [0, 0.1) is 0 Å². The fraction of sp³-hybridized carbons (Fsp3) is 0.375. The SMILES string of the molecule is Cn1c(C(F)(F)F)cc(=O)c2ccc(NC(=O)OC(C)(C)C)cc21. The summed E-state index contributed by atoms with van der Waals surface area (Å²) in [5.74, 6) is 0. The van der Waals surface area contributed by atoms with Crippen molar-refractivity contribution in [2.24, 2.45) is 7.05 Å². The van der Waals surface area contributed by atoms with Crippen LogP contribution < -0.4 is 10.7 Å². The number of carbonyl (C=O) groups is 1. The second-order valence-electron chi connectivity index (χ2n) is 6.31. The number of nitrogens with zero attached hydrogens (tertiary/aromatic N) is 1. The topological polar surface area (TPSA) is 60.3 Å². The molecule has 0 bridgehead atoms. The fourth-order valence-electron chi connectivity index (χ4n) is 2.22. The molecule has 0 aliphatic rings. The third kappa shape index (κ3) is 3.87. The molecule has 0 saturated carbocycles. The van der Waals surface area contributed by atoms with Crippen LogP contribution in [0.25, 0.3) is 10.9 Å². The number of amides is 1. The number of alkyl halides is 3. The van der Waals surface area contributed by atoms with E-state index < -0.39 is 29.0 Å². The molecule has 0 fully saturated rings. The van der Waals surface area contributed by atoms with Gasteiger partial charge in [0.15, 0.2) is 5.43 Å². The van der Waals surface area contributed by atoms with E-state index in [4.69, 9.17) is 4.74 Å². The van der Waals surface area contributed by atoms with E-state index in [1.807, 2.05) is 0 Å². The van der Waals surface area contributed by atoms with Crippen LogP contribution in [-0.4, -0.2) is 16.3 Å². The van der Waals surface area contributed by atoms with E-state index in [0.717, 1.165) is 4.57 Å². The second-order valence-corrected chi connectivity index (χ2v) is 6.31. The molecule has 0 saturated heterocycles. The molecule has 2 rings (SSSR count). The average Bonchev–Trinajstić information content (AvgIpc) is 2.39. The highest BCUT2D eigenvalue weighted by Crippen LogP contribution is 2.30. The molecule has 0 atom stereocenters. The summed E-state index contributed by atoms with van der Waals surface area (Å²) in [4.78, 5) is 23.7. The van der Waals surface area contributed by atoms with Crippen molar-refractivity contribution in [2.75, 3.05) is 5.32 Å². The number of pyridine rings is 1. The number of nitrogens with one attached hydrogen (secondary N) is 1. The van der Waals surface area contributed by atoms with Crippen LogP contribution >= 0.6 is 0 Å². The number of anilines is 1. The molecular weight excluding hydrogens is 325 g/mol. The number of aryl methyl sites for hydroxylation is 1. The molecule has 1 amide bonds. The lowest BCUT2D eigenvalue weighted by Gasteiger charge is -2.20. The van der Waals surface area contributed by atoms with Crippen molar-refractivity contribution in [1.82, 2.24) is 4.57 Å². The predicted octanol–water partition coefficient (Wildman–Crippen LogP) is 3.90. The summed E-state index contributed by atoms with van der Waals surface area (Å²) in [7, 11) is 1.21. The minimum absolute atomic E-state index is 0.0587. The van der Waals surface area contributed by atoms with Gasteiger partial charge in [0.05, 0.1) is 5.52 Å². The number of carbonyl (C=O) groups excluding carboxylic acids is 1. The number of hydrogen-bond acceptors (Lipinski definition) is 3. The molecule has 1 heterocycles. The van der Waals surface area contributed by atoms with Crippen molar-refractivity contribution in [3.63, 3.8) is 0 Å². The van der Waals surface area contributed by atoms with Gasteiger partial charge in [-0.1, -0.05) is 0 Å². The van der Waals surface area contributed by atoms with E-state index >= 15 is 0 Å². The van der Waals surface area contributed by atoms with Gasteiger partial charge in [0.25, 0.3) is 0 Å². The summed E-state index contributed by atoms with van der Waals surface area (Å²) in [5.41, 5.74) is -2.22. The Hall–Kier alpha value is -2.51. The molecule has 1 aromatic heterocycles. The summed E-state index contributed by atoms with van der Waals surface area (Å²) in [6.07, 6.45) is -5.39. The second kappa shape index (κ2) is 5.85. The standard InChI is InChI=1S/C16H17F3N2O3/c1-15(2,3)24-14(23)20-9-5-6-10-11(7-9)21(4)13(8-12(10)22)16(17,18)19/h5-8H,1-4H3,(H,20,23). The van der Waals surface area contributed by atoms with Crippen LogP contribution in [0.2, 0.25) is 0 Å². The Labute approximate surface area is 136 Å². The summed E-state index contributed by atoms with van der Waals surface area (Å²) >= 11 is 0. The predicted molar refractivity (Wildman–Crippen MR) is 84.0 cm³/mol. The van der Waals surface area contributed by atoms with Crippen LogP contribution in [0.4, 0.5) is 23.7 Å². The first-order valence-electron chi connectivity index (χ1n) is 7.09. The molecule has 0 unspecified atom stereocenters. The van der Waals surface area contributed by atoms with Gasteiger partial charge in [-0.25, -0.2) is 4.79 Å². The molecule has 1 aromatic carbocycles. The maximum Gasteiger partial charge on any atom is 0.431 e. The first kappa shape index (κ1) is 17.8. The maximum absolute atomic E-state index is 13.0. The fourth-order valence-corrected chi connectivity index (χ4v) is 2.22. The van der Waals surface area contributed by atoms with Gasteiger partial charge in [0.1, 0.15) is 11.3 Å². The zero-order chi connectivity index (χ0) is 18.3. The van der Waals surface area contributed by atoms with Gasteiger partial charge in [-0.15, -0.1) is 0 Å². The summed E-state index contributed by atoms with van der Waals surface area (Å²) < 4.78 is 45.0. The van der Waals surface area contributed by atoms with Crippen molar-refractivity contribution in [3.8, 4) is 0 Å². The Balaban J connectivity index is 2.48. The van der Waals surface area contributed by atoms with Gasteiger partial charge in [-0.3, -0.25) is 10.1 Å². The highest BCUT2D eigenvalue weighted by Gasteiger charge is 2.34. The van der Waals surface area contributed by atoms with Gasteiger partial charge >= 0.3 is 12.3 Å². The number of rotatable bonds is 1. The van der Waals surface area contributed by atoms with Crippen molar-refractivity contribution >= 4 is 22.7 Å². The summed E-state index contributed by atoms with van der Waals surface area (Å²) in [5, 5.41) is 2.56. The van der Waals surface area contributed by atoms with E-state index in [1.54, 1.807) is 20.8 Å². The van der Waals surface area contributed by atoms with Crippen molar-refractivity contribution in [1.29, 1.82) is 0 Å². The van der Waals surface area contributed by atoms with Crippen LogP contribution in [-0.2, 0) is 18.0 Å². The lowest BCUT2D eigenvalue weighted by Crippen LogP contribution is -2.27. The Morgan fingerprint density at radius 2 is 1.79 bits per heavy atom. The molecule has 0 aliphatic heterocycles. The number of ether oxygens (including phenoxy) is 1. The Morgan fingerprint density at radius 3 is 2.33 bits per heavy atom. The number of aromatic nitrogens is 1. The van der Waals surface area contributed by atoms with Crippen molar-refractivity contribution in [3.05, 3.63) is 40.2 Å². The highest BCUT2D eigenvalue weighted by atomic mass is 19.4. The first-order chi connectivity index (χ1) is 10.9. The smallest absolute Gasteiger partial charge is 0.431 e. The van der Waals surface area contributed by atoms with E-state index in [1.165, 1.54) is 25.2 Å². The molecule has 5 nitrogen and oxygen atoms in total. The van der Waals surface area contributed by atoms with Crippen LogP contribution in [0.15, 0.2) is 29.1 Å². The highest BCUT2D eigenvalue weighted by molar-refractivity contribution is 5.90. The van der Waals surface area contributed by atoms with Gasteiger partial charge < -0.3 is 9.30 Å². The van der Waals surface area contributed by atoms with Crippen molar-refractivity contribution < 1.29 is 22.7 Å². The van der Waals surface area contributed by atoms with Gasteiger partial charge in [0.2, 0.25) is 0 Å². The van der Waals surface area contributed by atoms with Gasteiger partial charge in [-0.05, 0) is 39.0 Å². The number of benzene rings is 1. The summed E-state index contributed by atoms with van der Waals surface area (Å²) in [6, 6.07) is 4.66. The minimum atomic E-state index is -4.66. The maximum atomic E-state index is 13.0. The molecule has 130 valence electrons. The molecule has 24 heavy (non-hydrogen) atoms. The van der Waals surface area contributed by atoms with E-state index in [9.17, 15) is 22.8 Å². The Bertz CT molecular complexity index is 848. The largest absolute Gasteiger partial charge is 0.444 e. The molecule has 8 heteroatoms. The third-order valence-electron chi connectivity index (χ3n) is 3.19. The van der Waals surface area contributed by atoms with Crippen LogP contribution in [0.1, 0.15) is 26.5 Å². The number of hydrogen-bond donors (Lipinski definition) is 1. The number of fused-ring (bicyclic) bond motifs is 1. The monoisotopic (exact) mass is 342 g/mol. The molecule has 0 spiro atoms. The molecule has 0 radical (unpaired) electrons. The van der Waals surface area contributed by atoms with Gasteiger partial charge in [-0.2, -0.15) is 13.2 Å². The van der Waals surface area contributed by atoms with E-state index in [2.05, 4.69) is 5.32 Å². The molecular formula is C16H17F3N2O3. The van der Waals surface area contributed by atoms with Crippen molar-refractivity contribution in [2.45, 2.75) is 32.5 Å². The minimum Gasteiger partial charge on any atom is -0.444 e. The lowest BCUT2D eigenvalue weighted by atomic mass is 10.1. The van der Waals surface area contributed by atoms with Crippen LogP contribution in [0.5, 0.6) is 0 Å². The molecule has 1 N–H and O–H groups in total. The first-order valence-corrected chi connectivity index (χ1v) is 7.09. The zero-order valence-electron chi connectivity index (χ0n) is 13.6. The van der Waals surface area contributed by atoms with E-state index in [-0.39, 0.29) is 16.6 Å². The quantitative estimate of drug-likeness (QED) is 0.855. The van der Waals surface area contributed by atoms with Gasteiger partial charge in [0, 0.05) is 24.2 Å². The number of halogens is 3. The van der Waals surface area contributed by atoms with Crippen LogP contribution in [0.3, 0.4) is 0 Å². The molecule has 0 aliphatic carbocycles. The van der Waals surface area contributed by atoms with E-state index in [0.29, 0.717) is 6.07 Å². The Kier molecular flexibility index (Phi) is 4.34. The average molecular weight is 342 g/mol. The lowest BCUT2D eigenvalue weighted by molar-refractivity contribution is -0.143. The normalized spacial score (nSPS) is 12.3. The molecule has 2 aromatic rings. The Morgan fingerprint density at radius 1 is 1.17 bits per heavy atom. The summed E-state index contributed by atoms with van der Waals surface area (Å²) in [6.45, 7) is 5.06. The third-order valence-corrected chi connectivity index (χ3v) is 3.19. The zero-order valence-corrected chi connectivity index (χ0v) is 13.6.